The van der Waals surface area contributed by atoms with Gasteiger partial charge in [-0.05, 0) is 79.1 Å². The number of fused-ring (bicyclic) bond motifs is 5. The van der Waals surface area contributed by atoms with Gasteiger partial charge in [0, 0.05) is 23.7 Å². The second-order valence-electron chi connectivity index (χ2n) is 13.5. The smallest absolute Gasteiger partial charge is 0.272 e. The Balaban J connectivity index is 1.77. The minimum atomic E-state index is -3.96. The van der Waals surface area contributed by atoms with E-state index in [1.807, 2.05) is 6.08 Å². The van der Waals surface area contributed by atoms with E-state index in [1.165, 1.54) is 5.57 Å². The number of Topliss-reactive ketones (excluding diaryl/α,β-unsaturated/α-hetero) is 1. The monoisotopic (exact) mass is 542 g/mol. The normalized spacial score (nSPS) is 37.5. The number of allylic oxidation sites excluding steroid dienone is 3. The van der Waals surface area contributed by atoms with Crippen molar-refractivity contribution in [2.75, 3.05) is 0 Å². The first kappa shape index (κ1) is 28.0. The standard InChI is InChI=1S/C27H42O7S2/c1-24(2,3)35(29,30)33-18-15-17-9-10-19-20-11-12-22(28)26(20,7)14-13-21(19)27(17,8)23(16-18)34-36(31,32)25(4,5)6/h9-10,18,20-21,23H,11-16H2,1-8H3/t18-,20+,21+,23+,26+,27+/m1/s1. The van der Waals surface area contributed by atoms with Crippen LogP contribution in [0.1, 0.15) is 93.9 Å². The average molecular weight is 543 g/mol. The van der Waals surface area contributed by atoms with Crippen LogP contribution in [0.5, 0.6) is 0 Å². The molecule has 0 unspecified atom stereocenters. The Labute approximate surface area is 217 Å². The molecule has 0 aromatic carbocycles. The largest absolute Gasteiger partial charge is 0.299 e. The van der Waals surface area contributed by atoms with Crippen LogP contribution in [-0.4, -0.2) is 44.3 Å². The van der Waals surface area contributed by atoms with Gasteiger partial charge in [0.25, 0.3) is 20.2 Å². The van der Waals surface area contributed by atoms with Gasteiger partial charge in [-0.2, -0.15) is 16.8 Å². The van der Waals surface area contributed by atoms with Gasteiger partial charge < -0.3 is 0 Å². The fraction of sp³-hybridized carbons (Fsp3) is 0.815. The quantitative estimate of drug-likeness (QED) is 0.457. The third kappa shape index (κ3) is 4.26. The molecule has 0 N–H and O–H groups in total. The lowest BCUT2D eigenvalue weighted by molar-refractivity contribution is -0.127. The van der Waals surface area contributed by atoms with Gasteiger partial charge >= 0.3 is 0 Å². The molecule has 3 fully saturated rings. The molecule has 0 aromatic rings. The van der Waals surface area contributed by atoms with Gasteiger partial charge in [0.1, 0.15) is 5.78 Å². The Morgan fingerprint density at radius 2 is 1.44 bits per heavy atom. The summed E-state index contributed by atoms with van der Waals surface area (Å²) in [5, 5.41) is 0. The highest BCUT2D eigenvalue weighted by molar-refractivity contribution is 7.88. The van der Waals surface area contributed by atoms with Crippen LogP contribution in [0.25, 0.3) is 0 Å². The molecule has 4 rings (SSSR count). The van der Waals surface area contributed by atoms with Crippen LogP contribution in [0.2, 0.25) is 0 Å². The molecular formula is C27H42O7S2. The van der Waals surface area contributed by atoms with E-state index in [-0.39, 0.29) is 23.7 Å². The van der Waals surface area contributed by atoms with Gasteiger partial charge in [0.15, 0.2) is 0 Å². The van der Waals surface area contributed by atoms with Crippen LogP contribution in [-0.2, 0) is 33.4 Å². The van der Waals surface area contributed by atoms with E-state index >= 15 is 0 Å². The molecule has 7 nitrogen and oxygen atoms in total. The van der Waals surface area contributed by atoms with Crippen molar-refractivity contribution in [1.29, 1.82) is 0 Å². The van der Waals surface area contributed by atoms with Crippen molar-refractivity contribution in [3.8, 4) is 0 Å². The van der Waals surface area contributed by atoms with Crippen molar-refractivity contribution in [2.24, 2.45) is 22.7 Å². The lowest BCUT2D eigenvalue weighted by Crippen LogP contribution is -2.55. The number of ketones is 1. The topological polar surface area (TPSA) is 104 Å². The van der Waals surface area contributed by atoms with E-state index in [2.05, 4.69) is 19.9 Å². The van der Waals surface area contributed by atoms with Crippen molar-refractivity contribution < 1.29 is 30.0 Å². The molecular weight excluding hydrogens is 500 g/mol. The summed E-state index contributed by atoms with van der Waals surface area (Å²) in [6.45, 7) is 13.7. The molecule has 6 atom stereocenters. The second-order valence-corrected chi connectivity index (χ2v) is 18.2. The molecule has 204 valence electrons. The number of rotatable bonds is 4. The Hall–Kier alpha value is -1.03. The summed E-state index contributed by atoms with van der Waals surface area (Å²) < 4.78 is 61.8. The summed E-state index contributed by atoms with van der Waals surface area (Å²) in [4.78, 5) is 12.8. The Morgan fingerprint density at radius 3 is 2.03 bits per heavy atom. The van der Waals surface area contributed by atoms with Crippen LogP contribution in [0.15, 0.2) is 23.3 Å². The molecule has 0 amide bonds. The van der Waals surface area contributed by atoms with Crippen LogP contribution in [0.4, 0.5) is 0 Å². The van der Waals surface area contributed by atoms with E-state index < -0.39 is 47.4 Å². The third-order valence-corrected chi connectivity index (χ3v) is 13.3. The molecule has 0 heterocycles. The van der Waals surface area contributed by atoms with Crippen LogP contribution in [0.3, 0.4) is 0 Å². The van der Waals surface area contributed by atoms with Gasteiger partial charge in [0.05, 0.1) is 21.7 Å². The highest BCUT2D eigenvalue weighted by Gasteiger charge is 2.60. The van der Waals surface area contributed by atoms with E-state index in [0.717, 1.165) is 24.8 Å². The fourth-order valence-corrected chi connectivity index (χ4v) is 8.29. The van der Waals surface area contributed by atoms with Gasteiger partial charge in [-0.3, -0.25) is 13.2 Å². The number of hydrogen-bond donors (Lipinski definition) is 0. The highest BCUT2D eigenvalue weighted by atomic mass is 32.2. The minimum Gasteiger partial charge on any atom is -0.299 e. The maximum atomic E-state index is 13.3. The van der Waals surface area contributed by atoms with Crippen LogP contribution in [0, 0.1) is 22.7 Å². The fourth-order valence-electron chi connectivity index (χ4n) is 6.62. The number of carbonyl (C=O) groups is 1. The summed E-state index contributed by atoms with van der Waals surface area (Å²) in [5.41, 5.74) is 1.17. The first-order valence-electron chi connectivity index (χ1n) is 13.0. The molecule has 0 aliphatic heterocycles. The van der Waals surface area contributed by atoms with Crippen molar-refractivity contribution in [3.05, 3.63) is 23.3 Å². The Morgan fingerprint density at radius 1 is 0.861 bits per heavy atom. The lowest BCUT2D eigenvalue weighted by Gasteiger charge is -2.56. The molecule has 0 spiro atoms. The molecule has 4 aliphatic carbocycles. The van der Waals surface area contributed by atoms with Crippen molar-refractivity contribution >= 4 is 26.0 Å². The maximum Gasteiger partial charge on any atom is 0.272 e. The first-order valence-corrected chi connectivity index (χ1v) is 15.9. The maximum absolute atomic E-state index is 13.3. The second kappa shape index (κ2) is 8.48. The molecule has 36 heavy (non-hydrogen) atoms. The van der Waals surface area contributed by atoms with Gasteiger partial charge in [0.2, 0.25) is 0 Å². The molecule has 0 radical (unpaired) electrons. The molecule has 4 aliphatic rings. The third-order valence-electron chi connectivity index (χ3n) is 9.32. The lowest BCUT2D eigenvalue weighted by atomic mass is 9.50. The first-order chi connectivity index (χ1) is 16.2. The SMILES string of the molecule is CC(C)(C)S(=O)(=O)O[C@@H]1CC2=CC=C3[C@H](CC[C@]4(C)C(=O)CC[C@@H]34)[C@@]2(C)[C@@H](OS(=O)(=O)C(C)(C)C)C1. The van der Waals surface area contributed by atoms with Crippen LogP contribution < -0.4 is 0 Å². The highest BCUT2D eigenvalue weighted by Crippen LogP contribution is 2.63. The summed E-state index contributed by atoms with van der Waals surface area (Å²) in [7, 11) is -7.85. The van der Waals surface area contributed by atoms with Gasteiger partial charge in [-0.25, -0.2) is 0 Å². The van der Waals surface area contributed by atoms with E-state index in [0.29, 0.717) is 18.6 Å². The summed E-state index contributed by atoms with van der Waals surface area (Å²) in [5.74, 6) is 0.495. The molecule has 0 bridgehead atoms. The molecule has 0 saturated heterocycles. The van der Waals surface area contributed by atoms with E-state index in [1.54, 1.807) is 41.5 Å². The molecule has 0 aromatic heterocycles. The predicted octanol–water partition coefficient (Wildman–Crippen LogP) is 5.08. The zero-order valence-corrected chi connectivity index (χ0v) is 24.5. The number of carbonyl (C=O) groups excluding carboxylic acids is 1. The van der Waals surface area contributed by atoms with Gasteiger partial charge in [-0.1, -0.05) is 37.1 Å². The number of hydrogen-bond acceptors (Lipinski definition) is 7. The minimum absolute atomic E-state index is 0.0295. The van der Waals surface area contributed by atoms with Gasteiger partial charge in [-0.15, -0.1) is 0 Å². The zero-order chi connectivity index (χ0) is 27.1. The summed E-state index contributed by atoms with van der Waals surface area (Å²) >= 11 is 0. The Bertz CT molecular complexity index is 1210. The molecule has 3 saturated carbocycles. The van der Waals surface area contributed by atoms with E-state index in [4.69, 9.17) is 8.37 Å². The summed E-state index contributed by atoms with van der Waals surface area (Å²) in [6, 6.07) is 0. The average Bonchev–Trinajstić information content (AvgIpc) is 3.01. The van der Waals surface area contributed by atoms with E-state index in [9.17, 15) is 21.6 Å². The van der Waals surface area contributed by atoms with Crippen LogP contribution >= 0.6 is 0 Å². The Kier molecular flexibility index (Phi) is 6.60. The van der Waals surface area contributed by atoms with Crippen molar-refractivity contribution in [3.63, 3.8) is 0 Å². The van der Waals surface area contributed by atoms with Crippen molar-refractivity contribution in [2.45, 2.75) is 116 Å². The zero-order valence-electron chi connectivity index (χ0n) is 22.9. The molecule has 9 heteroatoms. The summed E-state index contributed by atoms with van der Waals surface area (Å²) in [6.07, 6.45) is 6.10. The predicted molar refractivity (Wildman–Crippen MR) is 139 cm³/mol. The van der Waals surface area contributed by atoms with Crippen molar-refractivity contribution in [1.82, 2.24) is 0 Å².